The van der Waals surface area contributed by atoms with Crippen LogP contribution in [0.2, 0.25) is 0 Å². The number of hydrogen-bond acceptors (Lipinski definition) is 5. The van der Waals surface area contributed by atoms with Crippen LogP contribution in [0.25, 0.3) is 5.78 Å². The van der Waals surface area contributed by atoms with Gasteiger partial charge in [-0.3, -0.25) is 9.89 Å². The molecule has 3 rings (SSSR count). The second kappa shape index (κ2) is 5.08. The van der Waals surface area contributed by atoms with Crippen LogP contribution in [-0.2, 0) is 13.0 Å². The Morgan fingerprint density at radius 3 is 3.05 bits per heavy atom. The molecule has 2 N–H and O–H groups in total. The number of carbonyl (C=O) groups excluding carboxylic acids is 1. The Morgan fingerprint density at radius 2 is 2.30 bits per heavy atom. The van der Waals surface area contributed by atoms with Crippen molar-refractivity contribution in [3.8, 4) is 0 Å². The zero-order chi connectivity index (χ0) is 13.9. The minimum Gasteiger partial charge on any atom is -0.348 e. The van der Waals surface area contributed by atoms with Crippen molar-refractivity contribution in [3.63, 3.8) is 0 Å². The number of carbonyl (C=O) groups is 1. The molecule has 0 bridgehead atoms. The number of rotatable bonds is 4. The molecule has 20 heavy (non-hydrogen) atoms. The fourth-order valence-corrected chi connectivity index (χ4v) is 2.01. The topological polar surface area (TPSA) is 101 Å². The van der Waals surface area contributed by atoms with Gasteiger partial charge in [0, 0.05) is 24.5 Å². The Balaban J connectivity index is 1.86. The van der Waals surface area contributed by atoms with E-state index >= 15 is 0 Å². The Hall–Kier alpha value is -2.77. The van der Waals surface area contributed by atoms with Crippen molar-refractivity contribution >= 4 is 11.7 Å². The largest absolute Gasteiger partial charge is 0.348 e. The highest BCUT2D eigenvalue weighted by molar-refractivity contribution is 5.95. The number of fused-ring (bicyclic) bond motifs is 1. The molecule has 0 aliphatic carbocycles. The summed E-state index contributed by atoms with van der Waals surface area (Å²) >= 11 is 0. The summed E-state index contributed by atoms with van der Waals surface area (Å²) < 4.78 is 1.59. The molecule has 0 spiro atoms. The van der Waals surface area contributed by atoms with Crippen molar-refractivity contribution in [1.29, 1.82) is 0 Å². The Kier molecular flexibility index (Phi) is 3.12. The van der Waals surface area contributed by atoms with E-state index in [2.05, 4.69) is 30.6 Å². The van der Waals surface area contributed by atoms with Gasteiger partial charge >= 0.3 is 0 Å². The van der Waals surface area contributed by atoms with E-state index in [4.69, 9.17) is 0 Å². The second-order valence-corrected chi connectivity index (χ2v) is 4.23. The summed E-state index contributed by atoms with van der Waals surface area (Å²) in [6, 6.07) is 0. The maximum absolute atomic E-state index is 12.2. The fourth-order valence-electron chi connectivity index (χ4n) is 2.01. The zero-order valence-corrected chi connectivity index (χ0v) is 10.9. The van der Waals surface area contributed by atoms with E-state index in [9.17, 15) is 4.79 Å². The first-order valence-corrected chi connectivity index (χ1v) is 6.23. The van der Waals surface area contributed by atoms with Gasteiger partial charge in [-0.2, -0.15) is 15.2 Å². The van der Waals surface area contributed by atoms with Crippen molar-refractivity contribution < 1.29 is 4.79 Å². The number of aromatic amines is 1. The minimum atomic E-state index is -0.187. The van der Waals surface area contributed by atoms with Gasteiger partial charge in [-0.15, -0.1) is 0 Å². The van der Waals surface area contributed by atoms with E-state index in [1.165, 1.54) is 12.5 Å². The molecule has 0 radical (unpaired) electrons. The first kappa shape index (κ1) is 12.3. The van der Waals surface area contributed by atoms with Crippen molar-refractivity contribution in [2.75, 3.05) is 0 Å². The normalized spacial score (nSPS) is 10.8. The highest BCUT2D eigenvalue weighted by Crippen LogP contribution is 2.10. The fraction of sp³-hybridized carbons (Fsp3) is 0.250. The van der Waals surface area contributed by atoms with E-state index in [-0.39, 0.29) is 5.91 Å². The number of aromatic nitrogens is 6. The highest BCUT2D eigenvalue weighted by Gasteiger charge is 2.15. The smallest absolute Gasteiger partial charge is 0.254 e. The maximum atomic E-state index is 12.2. The molecule has 102 valence electrons. The zero-order valence-electron chi connectivity index (χ0n) is 10.9. The predicted molar refractivity (Wildman–Crippen MR) is 69.9 cm³/mol. The molecule has 8 heteroatoms. The number of nitrogens with zero attached hydrogens (tertiary/aromatic N) is 5. The van der Waals surface area contributed by atoms with Gasteiger partial charge in [0.2, 0.25) is 0 Å². The molecule has 3 heterocycles. The van der Waals surface area contributed by atoms with Crippen molar-refractivity contribution in [1.82, 2.24) is 35.1 Å². The summed E-state index contributed by atoms with van der Waals surface area (Å²) in [7, 11) is 0. The predicted octanol–water partition coefficient (Wildman–Crippen LogP) is 0.340. The first-order valence-electron chi connectivity index (χ1n) is 6.23. The van der Waals surface area contributed by atoms with Crippen LogP contribution in [0, 0.1) is 0 Å². The van der Waals surface area contributed by atoms with E-state index in [1.54, 1.807) is 16.9 Å². The average molecular weight is 271 g/mol. The molecule has 0 unspecified atom stereocenters. The monoisotopic (exact) mass is 271 g/mol. The molecule has 3 aromatic heterocycles. The summed E-state index contributed by atoms with van der Waals surface area (Å²) in [6.45, 7) is 2.37. The molecule has 0 fully saturated rings. The minimum absolute atomic E-state index is 0.187. The van der Waals surface area contributed by atoms with E-state index in [0.717, 1.165) is 11.3 Å². The van der Waals surface area contributed by atoms with Gasteiger partial charge < -0.3 is 5.32 Å². The van der Waals surface area contributed by atoms with Crippen LogP contribution in [0.1, 0.15) is 28.5 Å². The van der Waals surface area contributed by atoms with Crippen molar-refractivity contribution in [2.45, 2.75) is 19.9 Å². The third-order valence-corrected chi connectivity index (χ3v) is 2.99. The lowest BCUT2D eigenvalue weighted by Crippen LogP contribution is -2.25. The highest BCUT2D eigenvalue weighted by atomic mass is 16.1. The molecule has 0 saturated carbocycles. The van der Waals surface area contributed by atoms with E-state index in [1.807, 2.05) is 6.92 Å². The van der Waals surface area contributed by atoms with Gasteiger partial charge in [0.05, 0.1) is 17.5 Å². The van der Waals surface area contributed by atoms with E-state index < -0.39 is 0 Å². The van der Waals surface area contributed by atoms with Crippen LogP contribution in [0.3, 0.4) is 0 Å². The van der Waals surface area contributed by atoms with Crippen LogP contribution < -0.4 is 5.32 Å². The molecular weight excluding hydrogens is 258 g/mol. The standard InChI is InChI=1S/C12H13N7O/c1-2-10-9(6-14-12-15-7-18-19(10)12)11(20)13-3-8-4-16-17-5-8/h4-7H,2-3H2,1H3,(H,13,20)(H,16,17). The Bertz CT molecular complexity index is 731. The molecule has 3 aromatic rings. The number of H-pyrrole nitrogens is 1. The third kappa shape index (κ3) is 2.11. The van der Waals surface area contributed by atoms with Gasteiger partial charge in [-0.25, -0.2) is 9.50 Å². The third-order valence-electron chi connectivity index (χ3n) is 2.99. The summed E-state index contributed by atoms with van der Waals surface area (Å²) in [4.78, 5) is 20.4. The summed E-state index contributed by atoms with van der Waals surface area (Å²) in [5, 5.41) is 13.5. The molecule has 8 nitrogen and oxygen atoms in total. The van der Waals surface area contributed by atoms with Gasteiger partial charge in [0.25, 0.3) is 11.7 Å². The lowest BCUT2D eigenvalue weighted by Gasteiger charge is -2.08. The van der Waals surface area contributed by atoms with Crippen LogP contribution >= 0.6 is 0 Å². The number of amides is 1. The lowest BCUT2D eigenvalue weighted by atomic mass is 10.1. The van der Waals surface area contributed by atoms with Crippen molar-refractivity contribution in [3.05, 3.63) is 41.7 Å². The lowest BCUT2D eigenvalue weighted by molar-refractivity contribution is 0.0949. The van der Waals surface area contributed by atoms with Crippen molar-refractivity contribution in [2.24, 2.45) is 0 Å². The molecule has 0 aliphatic heterocycles. The molecule has 0 saturated heterocycles. The SMILES string of the molecule is CCc1c(C(=O)NCc2cn[nH]c2)cnc2ncnn12. The summed E-state index contributed by atoms with van der Waals surface area (Å²) in [5.41, 5.74) is 2.21. The first-order chi connectivity index (χ1) is 9.79. The van der Waals surface area contributed by atoms with Crippen LogP contribution in [0.5, 0.6) is 0 Å². The van der Waals surface area contributed by atoms with Gasteiger partial charge in [-0.1, -0.05) is 6.92 Å². The molecule has 0 aliphatic rings. The number of hydrogen-bond donors (Lipinski definition) is 2. The van der Waals surface area contributed by atoms with E-state index in [0.29, 0.717) is 24.3 Å². The quantitative estimate of drug-likeness (QED) is 0.712. The average Bonchev–Trinajstić information content (AvgIpc) is 3.14. The molecule has 0 atom stereocenters. The number of nitrogens with one attached hydrogen (secondary N) is 2. The Labute approximate surface area is 114 Å². The van der Waals surface area contributed by atoms with Crippen LogP contribution in [0.4, 0.5) is 0 Å². The Morgan fingerprint density at radius 1 is 1.40 bits per heavy atom. The molecule has 1 amide bonds. The summed E-state index contributed by atoms with van der Waals surface area (Å²) in [6.07, 6.45) is 7.03. The molecule has 0 aromatic carbocycles. The van der Waals surface area contributed by atoms with Gasteiger partial charge in [0.15, 0.2) is 0 Å². The summed E-state index contributed by atoms with van der Waals surface area (Å²) in [5.74, 6) is 0.307. The van der Waals surface area contributed by atoms with Gasteiger partial charge in [0.1, 0.15) is 6.33 Å². The second-order valence-electron chi connectivity index (χ2n) is 4.23. The van der Waals surface area contributed by atoms with Gasteiger partial charge in [-0.05, 0) is 6.42 Å². The number of aryl methyl sites for hydroxylation is 1. The molecular formula is C12H13N7O. The van der Waals surface area contributed by atoms with Crippen LogP contribution in [-0.4, -0.2) is 35.7 Å². The maximum Gasteiger partial charge on any atom is 0.254 e. The van der Waals surface area contributed by atoms with Crippen LogP contribution in [0.15, 0.2) is 24.9 Å².